The van der Waals surface area contributed by atoms with E-state index in [1.165, 1.54) is 0 Å². The second-order valence-electron chi connectivity index (χ2n) is 3.92. The summed E-state index contributed by atoms with van der Waals surface area (Å²) in [6.07, 6.45) is 0. The second kappa shape index (κ2) is 4.88. The Balaban J connectivity index is 2.97. The van der Waals surface area contributed by atoms with Crippen LogP contribution in [0.3, 0.4) is 0 Å². The molecule has 3 N–H and O–H groups in total. The quantitative estimate of drug-likeness (QED) is 0.753. The average molecular weight is 221 g/mol. The van der Waals surface area contributed by atoms with Crippen molar-refractivity contribution < 1.29 is 4.79 Å². The van der Waals surface area contributed by atoms with E-state index in [9.17, 15) is 4.79 Å². The largest absolute Gasteiger partial charge is 0.397 e. The number of anilines is 2. The predicted octanol–water partition coefficient (Wildman–Crippen LogP) is 2.37. The van der Waals surface area contributed by atoms with Gasteiger partial charge in [0, 0.05) is 13.6 Å². The molecule has 0 aliphatic rings. The minimum atomic E-state index is -0.136. The standard InChI is InChI=1S/C12H19N3O/c1-5-15(4)12(16)14-11-9(3)8(2)6-7-10(11)13/h6-7H,5,13H2,1-4H3,(H,14,16). The lowest BCUT2D eigenvalue weighted by molar-refractivity contribution is 0.224. The maximum atomic E-state index is 11.7. The van der Waals surface area contributed by atoms with Crippen LogP contribution in [0.25, 0.3) is 0 Å². The fraction of sp³-hybridized carbons (Fsp3) is 0.417. The summed E-state index contributed by atoms with van der Waals surface area (Å²) < 4.78 is 0. The number of hydrogen-bond acceptors (Lipinski definition) is 2. The van der Waals surface area contributed by atoms with E-state index in [4.69, 9.17) is 5.73 Å². The third kappa shape index (κ3) is 2.45. The minimum absolute atomic E-state index is 0.136. The molecule has 0 saturated carbocycles. The molecule has 0 fully saturated rings. The Bertz CT molecular complexity index is 401. The summed E-state index contributed by atoms with van der Waals surface area (Å²) in [5.41, 5.74) is 9.28. The number of carbonyl (C=O) groups is 1. The fourth-order valence-electron chi connectivity index (χ4n) is 1.35. The van der Waals surface area contributed by atoms with Gasteiger partial charge in [0.15, 0.2) is 0 Å². The Labute approximate surface area is 96.4 Å². The summed E-state index contributed by atoms with van der Waals surface area (Å²) in [5, 5.41) is 2.83. The number of rotatable bonds is 2. The molecule has 2 amide bonds. The maximum Gasteiger partial charge on any atom is 0.321 e. The number of hydrogen-bond donors (Lipinski definition) is 2. The third-order valence-electron chi connectivity index (χ3n) is 2.82. The van der Waals surface area contributed by atoms with Gasteiger partial charge >= 0.3 is 6.03 Å². The molecule has 0 bridgehead atoms. The van der Waals surface area contributed by atoms with Crippen LogP contribution < -0.4 is 11.1 Å². The number of amides is 2. The molecular weight excluding hydrogens is 202 g/mol. The summed E-state index contributed by atoms with van der Waals surface area (Å²) in [7, 11) is 1.75. The molecule has 0 heterocycles. The normalized spacial score (nSPS) is 10.0. The van der Waals surface area contributed by atoms with Crippen LogP contribution in [0, 0.1) is 13.8 Å². The molecule has 4 heteroatoms. The Morgan fingerprint density at radius 1 is 1.44 bits per heavy atom. The molecule has 0 atom stereocenters. The highest BCUT2D eigenvalue weighted by molar-refractivity contribution is 5.93. The van der Waals surface area contributed by atoms with Gasteiger partial charge in [0.05, 0.1) is 11.4 Å². The van der Waals surface area contributed by atoms with Crippen LogP contribution in [-0.2, 0) is 0 Å². The van der Waals surface area contributed by atoms with Gasteiger partial charge in [0.1, 0.15) is 0 Å². The van der Waals surface area contributed by atoms with Gasteiger partial charge in [-0.1, -0.05) is 6.07 Å². The van der Waals surface area contributed by atoms with E-state index in [0.717, 1.165) is 11.1 Å². The summed E-state index contributed by atoms with van der Waals surface area (Å²) >= 11 is 0. The molecule has 1 aromatic carbocycles. The van der Waals surface area contributed by atoms with E-state index in [1.54, 1.807) is 11.9 Å². The fourth-order valence-corrected chi connectivity index (χ4v) is 1.35. The van der Waals surface area contributed by atoms with Gasteiger partial charge in [0.25, 0.3) is 0 Å². The summed E-state index contributed by atoms with van der Waals surface area (Å²) in [5.74, 6) is 0. The highest BCUT2D eigenvalue weighted by Crippen LogP contribution is 2.25. The number of nitrogens with one attached hydrogen (secondary N) is 1. The van der Waals surface area contributed by atoms with Crippen LogP contribution in [0.15, 0.2) is 12.1 Å². The Kier molecular flexibility index (Phi) is 3.77. The van der Waals surface area contributed by atoms with Gasteiger partial charge in [-0.3, -0.25) is 0 Å². The number of nitrogens with two attached hydrogens (primary N) is 1. The van der Waals surface area contributed by atoms with Gasteiger partial charge < -0.3 is 16.0 Å². The highest BCUT2D eigenvalue weighted by atomic mass is 16.2. The molecule has 0 aliphatic heterocycles. The smallest absolute Gasteiger partial charge is 0.321 e. The van der Waals surface area contributed by atoms with Crippen LogP contribution in [0.5, 0.6) is 0 Å². The SMILES string of the molecule is CCN(C)C(=O)Nc1c(N)ccc(C)c1C. The number of aryl methyl sites for hydroxylation is 1. The Morgan fingerprint density at radius 2 is 2.06 bits per heavy atom. The van der Waals surface area contributed by atoms with Crippen LogP contribution >= 0.6 is 0 Å². The summed E-state index contributed by atoms with van der Waals surface area (Å²) in [6.45, 7) is 6.53. The van der Waals surface area contributed by atoms with Gasteiger partial charge in [0.2, 0.25) is 0 Å². The Hall–Kier alpha value is -1.71. The summed E-state index contributed by atoms with van der Waals surface area (Å²) in [4.78, 5) is 13.3. The van der Waals surface area contributed by atoms with E-state index in [-0.39, 0.29) is 6.03 Å². The van der Waals surface area contributed by atoms with Crippen molar-refractivity contribution in [2.75, 3.05) is 24.6 Å². The van der Waals surface area contributed by atoms with E-state index < -0.39 is 0 Å². The van der Waals surface area contributed by atoms with Gasteiger partial charge in [-0.05, 0) is 38.0 Å². The van der Waals surface area contributed by atoms with Gasteiger partial charge in [-0.15, -0.1) is 0 Å². The molecule has 0 saturated heterocycles. The number of urea groups is 1. The van der Waals surface area contributed by atoms with Crippen molar-refractivity contribution in [2.24, 2.45) is 0 Å². The van der Waals surface area contributed by atoms with Crippen molar-refractivity contribution in [1.29, 1.82) is 0 Å². The lowest BCUT2D eigenvalue weighted by Gasteiger charge is -2.18. The first-order valence-electron chi connectivity index (χ1n) is 5.35. The van der Waals surface area contributed by atoms with Crippen LogP contribution in [0.1, 0.15) is 18.1 Å². The molecule has 1 rings (SSSR count). The van der Waals surface area contributed by atoms with Crippen LogP contribution in [-0.4, -0.2) is 24.5 Å². The zero-order valence-electron chi connectivity index (χ0n) is 10.3. The van der Waals surface area contributed by atoms with Crippen molar-refractivity contribution >= 4 is 17.4 Å². The Morgan fingerprint density at radius 3 is 2.62 bits per heavy atom. The number of nitrogen functional groups attached to an aromatic ring is 1. The molecule has 4 nitrogen and oxygen atoms in total. The topological polar surface area (TPSA) is 58.4 Å². The van der Waals surface area contributed by atoms with Crippen molar-refractivity contribution in [3.8, 4) is 0 Å². The average Bonchev–Trinajstić information content (AvgIpc) is 2.28. The molecule has 1 aromatic rings. The molecule has 0 spiro atoms. The van der Waals surface area contributed by atoms with E-state index in [0.29, 0.717) is 17.9 Å². The lowest BCUT2D eigenvalue weighted by Crippen LogP contribution is -2.31. The molecule has 0 radical (unpaired) electrons. The molecule has 0 aromatic heterocycles. The first kappa shape index (κ1) is 12.4. The molecule has 0 aliphatic carbocycles. The van der Waals surface area contributed by atoms with Crippen molar-refractivity contribution in [3.63, 3.8) is 0 Å². The maximum absolute atomic E-state index is 11.7. The number of benzene rings is 1. The molecule has 88 valence electrons. The lowest BCUT2D eigenvalue weighted by atomic mass is 10.1. The zero-order valence-corrected chi connectivity index (χ0v) is 10.3. The van der Waals surface area contributed by atoms with E-state index in [1.807, 2.05) is 32.9 Å². The molecule has 16 heavy (non-hydrogen) atoms. The van der Waals surface area contributed by atoms with Crippen molar-refractivity contribution in [1.82, 2.24) is 4.90 Å². The second-order valence-corrected chi connectivity index (χ2v) is 3.92. The molecular formula is C12H19N3O. The van der Waals surface area contributed by atoms with Crippen LogP contribution in [0.2, 0.25) is 0 Å². The van der Waals surface area contributed by atoms with Crippen molar-refractivity contribution in [2.45, 2.75) is 20.8 Å². The summed E-state index contributed by atoms with van der Waals surface area (Å²) in [6, 6.07) is 3.62. The third-order valence-corrected chi connectivity index (χ3v) is 2.82. The van der Waals surface area contributed by atoms with Gasteiger partial charge in [-0.25, -0.2) is 4.79 Å². The van der Waals surface area contributed by atoms with Gasteiger partial charge in [-0.2, -0.15) is 0 Å². The van der Waals surface area contributed by atoms with E-state index in [2.05, 4.69) is 5.32 Å². The number of carbonyl (C=O) groups excluding carboxylic acids is 1. The zero-order chi connectivity index (χ0) is 12.3. The van der Waals surface area contributed by atoms with E-state index >= 15 is 0 Å². The van der Waals surface area contributed by atoms with Crippen LogP contribution in [0.4, 0.5) is 16.2 Å². The monoisotopic (exact) mass is 221 g/mol. The first-order chi connectivity index (χ1) is 7.47. The minimum Gasteiger partial charge on any atom is -0.397 e. The van der Waals surface area contributed by atoms with Crippen molar-refractivity contribution in [3.05, 3.63) is 23.3 Å². The highest BCUT2D eigenvalue weighted by Gasteiger charge is 2.11. The predicted molar refractivity (Wildman–Crippen MR) is 67.7 cm³/mol. The first-order valence-corrected chi connectivity index (χ1v) is 5.35. The molecule has 0 unspecified atom stereocenters. The number of nitrogens with zero attached hydrogens (tertiary/aromatic N) is 1.